The molecule has 0 bridgehead atoms. The van der Waals surface area contributed by atoms with Crippen molar-refractivity contribution in [3.05, 3.63) is 23.8 Å². The molecule has 1 atom stereocenters. The van der Waals surface area contributed by atoms with E-state index in [4.69, 9.17) is 14.6 Å². The van der Waals surface area contributed by atoms with Crippen LogP contribution in [-0.4, -0.2) is 36.0 Å². The number of hydrogen-bond donors (Lipinski definition) is 2. The number of benzene rings is 1. The van der Waals surface area contributed by atoms with Crippen LogP contribution in [0.3, 0.4) is 0 Å². The maximum Gasteiger partial charge on any atom is 0.335 e. The number of carboxylic acids is 1. The molecule has 5 nitrogen and oxygen atoms in total. The summed E-state index contributed by atoms with van der Waals surface area (Å²) in [4.78, 5) is 10.9. The van der Waals surface area contributed by atoms with Gasteiger partial charge in [0, 0.05) is 12.0 Å². The quantitative estimate of drug-likeness (QED) is 0.805. The zero-order valence-electron chi connectivity index (χ0n) is 10.1. The molecule has 0 aromatic heterocycles. The molecule has 0 fully saturated rings. The Morgan fingerprint density at radius 1 is 1.35 bits per heavy atom. The van der Waals surface area contributed by atoms with Gasteiger partial charge in [0.05, 0.1) is 14.2 Å². The molecule has 0 aliphatic carbocycles. The summed E-state index contributed by atoms with van der Waals surface area (Å²) in [7, 11) is 3.00. The zero-order valence-corrected chi connectivity index (χ0v) is 10.1. The van der Waals surface area contributed by atoms with E-state index < -0.39 is 11.6 Å². The number of aliphatic hydroxyl groups is 1. The number of hydrogen-bond acceptors (Lipinski definition) is 4. The second kappa shape index (κ2) is 5.05. The lowest BCUT2D eigenvalue weighted by Crippen LogP contribution is -2.37. The Balaban J connectivity index is 3.07. The van der Waals surface area contributed by atoms with Crippen LogP contribution in [0.1, 0.15) is 12.5 Å². The van der Waals surface area contributed by atoms with Gasteiger partial charge in [0.15, 0.2) is 5.60 Å². The van der Waals surface area contributed by atoms with E-state index in [9.17, 15) is 9.90 Å². The number of ether oxygens (including phenoxy) is 2. The van der Waals surface area contributed by atoms with Crippen LogP contribution < -0.4 is 9.47 Å². The Bertz CT molecular complexity index is 411. The molecule has 0 saturated heterocycles. The van der Waals surface area contributed by atoms with Crippen LogP contribution >= 0.6 is 0 Å². The minimum Gasteiger partial charge on any atom is -0.497 e. The molecule has 1 aromatic carbocycles. The highest BCUT2D eigenvalue weighted by Gasteiger charge is 2.31. The number of carboxylic acid groups (broad SMARTS) is 1. The molecule has 94 valence electrons. The first kappa shape index (κ1) is 13.3. The Kier molecular flexibility index (Phi) is 3.96. The fourth-order valence-corrected chi connectivity index (χ4v) is 1.47. The van der Waals surface area contributed by atoms with Crippen molar-refractivity contribution in [3.63, 3.8) is 0 Å². The number of carbonyl (C=O) groups is 1. The predicted octanol–water partition coefficient (Wildman–Crippen LogP) is 1.08. The van der Waals surface area contributed by atoms with Crippen LogP contribution in [0.4, 0.5) is 0 Å². The van der Waals surface area contributed by atoms with Crippen LogP contribution in [0.15, 0.2) is 18.2 Å². The van der Waals surface area contributed by atoms with Crippen molar-refractivity contribution < 1.29 is 24.5 Å². The van der Waals surface area contributed by atoms with Gasteiger partial charge in [-0.25, -0.2) is 4.79 Å². The third-order valence-corrected chi connectivity index (χ3v) is 2.48. The lowest BCUT2D eigenvalue weighted by Gasteiger charge is -2.19. The summed E-state index contributed by atoms with van der Waals surface area (Å²) >= 11 is 0. The molecule has 17 heavy (non-hydrogen) atoms. The second-order valence-corrected chi connectivity index (χ2v) is 3.93. The summed E-state index contributed by atoms with van der Waals surface area (Å²) in [6.07, 6.45) is -0.0529. The summed E-state index contributed by atoms with van der Waals surface area (Å²) in [5.74, 6) is -0.170. The summed E-state index contributed by atoms with van der Waals surface area (Å²) in [5, 5.41) is 18.6. The van der Waals surface area contributed by atoms with Crippen molar-refractivity contribution >= 4 is 5.97 Å². The lowest BCUT2D eigenvalue weighted by atomic mass is 9.96. The van der Waals surface area contributed by atoms with E-state index in [2.05, 4.69) is 0 Å². The first-order valence-electron chi connectivity index (χ1n) is 5.07. The van der Waals surface area contributed by atoms with Crippen LogP contribution in [-0.2, 0) is 11.2 Å². The number of rotatable bonds is 5. The highest BCUT2D eigenvalue weighted by atomic mass is 16.5. The van der Waals surface area contributed by atoms with Crippen molar-refractivity contribution in [1.82, 2.24) is 0 Å². The molecular weight excluding hydrogens is 224 g/mol. The molecule has 0 radical (unpaired) electrons. The Hall–Kier alpha value is -1.75. The second-order valence-electron chi connectivity index (χ2n) is 3.93. The molecule has 2 N–H and O–H groups in total. The van der Waals surface area contributed by atoms with Gasteiger partial charge in [0.2, 0.25) is 0 Å². The molecule has 0 heterocycles. The molecule has 1 unspecified atom stereocenters. The molecular formula is C12H16O5. The van der Waals surface area contributed by atoms with Gasteiger partial charge in [0.1, 0.15) is 11.5 Å². The average Bonchev–Trinajstić information content (AvgIpc) is 2.28. The van der Waals surface area contributed by atoms with Gasteiger partial charge in [-0.1, -0.05) is 0 Å². The minimum atomic E-state index is -1.83. The van der Waals surface area contributed by atoms with E-state index in [1.807, 2.05) is 0 Å². The van der Waals surface area contributed by atoms with Crippen molar-refractivity contribution in [1.29, 1.82) is 0 Å². The topological polar surface area (TPSA) is 76.0 Å². The smallest absolute Gasteiger partial charge is 0.335 e. The molecule has 0 saturated carbocycles. The van der Waals surface area contributed by atoms with Crippen LogP contribution in [0.25, 0.3) is 0 Å². The Labute approximate surface area is 99.6 Å². The number of methoxy groups -OCH3 is 2. The van der Waals surface area contributed by atoms with Crippen molar-refractivity contribution in [2.45, 2.75) is 18.9 Å². The zero-order chi connectivity index (χ0) is 13.1. The summed E-state index contributed by atoms with van der Waals surface area (Å²) < 4.78 is 10.2. The molecule has 1 aromatic rings. The minimum absolute atomic E-state index is 0.0529. The molecule has 0 spiro atoms. The van der Waals surface area contributed by atoms with E-state index in [0.717, 1.165) is 0 Å². The van der Waals surface area contributed by atoms with Crippen molar-refractivity contribution in [2.75, 3.05) is 14.2 Å². The van der Waals surface area contributed by atoms with Crippen LogP contribution in [0.5, 0.6) is 11.5 Å². The van der Waals surface area contributed by atoms with Gasteiger partial charge in [-0.05, 0) is 25.1 Å². The Morgan fingerprint density at radius 2 is 2.00 bits per heavy atom. The normalized spacial score (nSPS) is 13.9. The fourth-order valence-electron chi connectivity index (χ4n) is 1.47. The molecule has 1 rings (SSSR count). The van der Waals surface area contributed by atoms with Crippen LogP contribution in [0, 0.1) is 0 Å². The van der Waals surface area contributed by atoms with Gasteiger partial charge in [-0.3, -0.25) is 0 Å². The van der Waals surface area contributed by atoms with Gasteiger partial charge in [-0.2, -0.15) is 0 Å². The monoisotopic (exact) mass is 240 g/mol. The number of aliphatic carboxylic acids is 1. The van der Waals surface area contributed by atoms with E-state index in [-0.39, 0.29) is 6.42 Å². The highest BCUT2D eigenvalue weighted by molar-refractivity contribution is 5.77. The van der Waals surface area contributed by atoms with Gasteiger partial charge >= 0.3 is 5.97 Å². The van der Waals surface area contributed by atoms with Gasteiger partial charge in [-0.15, -0.1) is 0 Å². The SMILES string of the molecule is COc1ccc(OC)c(CC(C)(O)C(=O)O)c1. The van der Waals surface area contributed by atoms with Crippen molar-refractivity contribution in [3.8, 4) is 11.5 Å². The Morgan fingerprint density at radius 3 is 2.47 bits per heavy atom. The first-order valence-corrected chi connectivity index (χ1v) is 5.07. The summed E-state index contributed by atoms with van der Waals surface area (Å²) in [5.41, 5.74) is -1.25. The predicted molar refractivity (Wildman–Crippen MR) is 61.5 cm³/mol. The standard InChI is InChI=1S/C12H16O5/c1-12(15,11(13)14)7-8-6-9(16-2)4-5-10(8)17-3/h4-6,15H,7H2,1-3H3,(H,13,14). The maximum absolute atomic E-state index is 10.9. The molecule has 0 amide bonds. The molecule has 5 heteroatoms. The van der Waals surface area contributed by atoms with Crippen molar-refractivity contribution in [2.24, 2.45) is 0 Å². The van der Waals surface area contributed by atoms with Gasteiger partial charge in [0.25, 0.3) is 0 Å². The lowest BCUT2D eigenvalue weighted by molar-refractivity contribution is -0.156. The fraction of sp³-hybridized carbons (Fsp3) is 0.417. The average molecular weight is 240 g/mol. The van der Waals surface area contributed by atoms with E-state index in [1.165, 1.54) is 21.1 Å². The van der Waals surface area contributed by atoms with E-state index in [1.54, 1.807) is 18.2 Å². The van der Waals surface area contributed by atoms with E-state index >= 15 is 0 Å². The maximum atomic E-state index is 10.9. The third-order valence-electron chi connectivity index (χ3n) is 2.48. The van der Waals surface area contributed by atoms with Crippen LogP contribution in [0.2, 0.25) is 0 Å². The third kappa shape index (κ3) is 3.10. The molecule has 0 aliphatic heterocycles. The summed E-state index contributed by atoms with van der Waals surface area (Å²) in [6, 6.07) is 5.03. The van der Waals surface area contributed by atoms with Gasteiger partial charge < -0.3 is 19.7 Å². The highest BCUT2D eigenvalue weighted by Crippen LogP contribution is 2.27. The first-order chi connectivity index (χ1) is 7.90. The molecule has 0 aliphatic rings. The largest absolute Gasteiger partial charge is 0.497 e. The van der Waals surface area contributed by atoms with E-state index in [0.29, 0.717) is 17.1 Å². The summed E-state index contributed by atoms with van der Waals surface area (Å²) in [6.45, 7) is 1.24.